The number of nitrogens with one attached hydrogen (secondary N) is 2. The van der Waals surface area contributed by atoms with Gasteiger partial charge in [0.15, 0.2) is 0 Å². The molecule has 0 aromatic rings. The summed E-state index contributed by atoms with van der Waals surface area (Å²) in [6, 6.07) is -0.0629. The summed E-state index contributed by atoms with van der Waals surface area (Å²) in [4.78, 5) is 11.6. The van der Waals surface area contributed by atoms with E-state index in [1.54, 1.807) is 0 Å². The summed E-state index contributed by atoms with van der Waals surface area (Å²) in [7, 11) is 0. The lowest BCUT2D eigenvalue weighted by atomic mass is 10.2. The van der Waals surface area contributed by atoms with Crippen LogP contribution in [0.1, 0.15) is 27.2 Å². The topological polar surface area (TPSA) is 67.2 Å². The molecular formula is C8H17N3OS. The number of amides is 2. The maximum atomic E-state index is 11.1. The van der Waals surface area contributed by atoms with E-state index in [4.69, 9.17) is 18.0 Å². The van der Waals surface area contributed by atoms with Gasteiger partial charge in [-0.1, -0.05) is 12.2 Å². The summed E-state index contributed by atoms with van der Waals surface area (Å²) in [6.45, 7) is 5.66. The summed E-state index contributed by atoms with van der Waals surface area (Å²) >= 11 is 4.72. The van der Waals surface area contributed by atoms with Gasteiger partial charge in [0.25, 0.3) is 0 Å². The normalized spacial score (nSPS) is 12.3. The van der Waals surface area contributed by atoms with Crippen molar-refractivity contribution in [1.29, 1.82) is 0 Å². The quantitative estimate of drug-likeness (QED) is 0.591. The first-order valence-corrected chi connectivity index (χ1v) is 4.68. The molecule has 0 radical (unpaired) electrons. The average Bonchev–Trinajstić information content (AvgIpc) is 1.80. The number of nitrogens with two attached hydrogens (primary N) is 1. The Morgan fingerprint density at radius 2 is 1.92 bits per heavy atom. The zero-order valence-corrected chi connectivity index (χ0v) is 9.07. The molecule has 13 heavy (non-hydrogen) atoms. The second-order valence-electron chi connectivity index (χ2n) is 3.34. The fourth-order valence-electron chi connectivity index (χ4n) is 0.880. The van der Waals surface area contributed by atoms with Crippen LogP contribution in [0.25, 0.3) is 0 Å². The lowest BCUT2D eigenvalue weighted by molar-refractivity contribution is 0.236. The number of hydrogen-bond acceptors (Lipinski definition) is 2. The average molecular weight is 203 g/mol. The molecule has 0 aliphatic carbocycles. The molecule has 0 bridgehead atoms. The van der Waals surface area contributed by atoms with Crippen molar-refractivity contribution in [2.45, 2.75) is 39.3 Å². The van der Waals surface area contributed by atoms with E-state index < -0.39 is 0 Å². The first-order chi connectivity index (χ1) is 5.91. The number of carbonyl (C=O) groups excluding carboxylic acids is 1. The van der Waals surface area contributed by atoms with Crippen molar-refractivity contribution in [1.82, 2.24) is 10.6 Å². The third kappa shape index (κ3) is 7.52. The van der Waals surface area contributed by atoms with Gasteiger partial charge >= 0.3 is 6.03 Å². The SMILES string of the molecule is CC(C)NC(=O)NC(C)CC(N)=S. The van der Waals surface area contributed by atoms with Gasteiger partial charge in [0.1, 0.15) is 0 Å². The van der Waals surface area contributed by atoms with E-state index in [0.29, 0.717) is 11.4 Å². The molecule has 1 unspecified atom stereocenters. The second-order valence-corrected chi connectivity index (χ2v) is 3.87. The van der Waals surface area contributed by atoms with E-state index in [9.17, 15) is 4.79 Å². The van der Waals surface area contributed by atoms with Crippen molar-refractivity contribution < 1.29 is 4.79 Å². The Morgan fingerprint density at radius 3 is 2.31 bits per heavy atom. The van der Waals surface area contributed by atoms with E-state index in [-0.39, 0.29) is 18.1 Å². The van der Waals surface area contributed by atoms with Crippen LogP contribution in [0.4, 0.5) is 4.79 Å². The molecule has 4 nitrogen and oxygen atoms in total. The maximum absolute atomic E-state index is 11.1. The molecule has 0 aromatic heterocycles. The Hall–Kier alpha value is -0.840. The predicted molar refractivity (Wildman–Crippen MR) is 57.7 cm³/mol. The number of thiocarbonyl (C=S) groups is 1. The molecule has 0 spiro atoms. The van der Waals surface area contributed by atoms with Crippen LogP contribution in [0.15, 0.2) is 0 Å². The highest BCUT2D eigenvalue weighted by Gasteiger charge is 2.08. The molecular weight excluding hydrogens is 186 g/mol. The number of hydrogen-bond donors (Lipinski definition) is 3. The second kappa shape index (κ2) is 5.75. The summed E-state index contributed by atoms with van der Waals surface area (Å²) in [5, 5.41) is 5.44. The third-order valence-electron chi connectivity index (χ3n) is 1.30. The van der Waals surface area contributed by atoms with Gasteiger partial charge in [0.05, 0.1) is 4.99 Å². The van der Waals surface area contributed by atoms with Crippen molar-refractivity contribution in [3.8, 4) is 0 Å². The Kier molecular flexibility index (Phi) is 5.37. The highest BCUT2D eigenvalue weighted by molar-refractivity contribution is 7.80. The van der Waals surface area contributed by atoms with E-state index in [1.807, 2.05) is 20.8 Å². The smallest absolute Gasteiger partial charge is 0.315 e. The van der Waals surface area contributed by atoms with E-state index in [0.717, 1.165) is 0 Å². The molecule has 0 fully saturated rings. The lowest BCUT2D eigenvalue weighted by Gasteiger charge is -2.15. The fraction of sp³-hybridized carbons (Fsp3) is 0.750. The number of rotatable bonds is 4. The minimum absolute atomic E-state index is 0.0174. The molecule has 0 rings (SSSR count). The maximum Gasteiger partial charge on any atom is 0.315 e. The first kappa shape index (κ1) is 12.2. The Labute approximate surface area is 84.3 Å². The minimum Gasteiger partial charge on any atom is -0.393 e. The summed E-state index contributed by atoms with van der Waals surface area (Å²) in [5.74, 6) is 0. The van der Waals surface area contributed by atoms with Crippen LogP contribution in [0.2, 0.25) is 0 Å². The van der Waals surface area contributed by atoms with Crippen LogP contribution < -0.4 is 16.4 Å². The van der Waals surface area contributed by atoms with Gasteiger partial charge in [0, 0.05) is 18.5 Å². The fourth-order valence-corrected chi connectivity index (χ4v) is 1.13. The zero-order chi connectivity index (χ0) is 10.4. The van der Waals surface area contributed by atoms with Crippen molar-refractivity contribution in [2.75, 3.05) is 0 Å². The van der Waals surface area contributed by atoms with Crippen LogP contribution in [0.3, 0.4) is 0 Å². The van der Waals surface area contributed by atoms with E-state index >= 15 is 0 Å². The molecule has 0 aliphatic rings. The molecule has 0 saturated heterocycles. The Bertz CT molecular complexity index is 194. The molecule has 0 aromatic carbocycles. The third-order valence-corrected chi connectivity index (χ3v) is 1.47. The van der Waals surface area contributed by atoms with Crippen LogP contribution in [0, 0.1) is 0 Å². The van der Waals surface area contributed by atoms with Crippen LogP contribution in [0.5, 0.6) is 0 Å². The standard InChI is InChI=1S/C8H17N3OS/c1-5(2)10-8(12)11-6(3)4-7(9)13/h5-6H,4H2,1-3H3,(H2,9,13)(H2,10,11,12). The molecule has 0 heterocycles. The minimum atomic E-state index is -0.182. The predicted octanol–water partition coefficient (Wildman–Crippen LogP) is 0.759. The van der Waals surface area contributed by atoms with Gasteiger partial charge in [-0.3, -0.25) is 0 Å². The largest absolute Gasteiger partial charge is 0.393 e. The van der Waals surface area contributed by atoms with Crippen molar-refractivity contribution in [3.63, 3.8) is 0 Å². The number of urea groups is 1. The molecule has 5 heteroatoms. The van der Waals surface area contributed by atoms with Gasteiger partial charge in [-0.2, -0.15) is 0 Å². The van der Waals surface area contributed by atoms with E-state index in [1.165, 1.54) is 0 Å². The van der Waals surface area contributed by atoms with Gasteiger partial charge in [-0.25, -0.2) is 4.79 Å². The van der Waals surface area contributed by atoms with Crippen molar-refractivity contribution in [3.05, 3.63) is 0 Å². The number of carbonyl (C=O) groups is 1. The monoisotopic (exact) mass is 203 g/mol. The highest BCUT2D eigenvalue weighted by Crippen LogP contribution is 1.90. The first-order valence-electron chi connectivity index (χ1n) is 4.27. The Balaban J connectivity index is 3.71. The molecule has 1 atom stereocenters. The van der Waals surface area contributed by atoms with Gasteiger partial charge in [0.2, 0.25) is 0 Å². The summed E-state index contributed by atoms with van der Waals surface area (Å²) in [6.07, 6.45) is 0.529. The summed E-state index contributed by atoms with van der Waals surface area (Å²) < 4.78 is 0. The van der Waals surface area contributed by atoms with Crippen molar-refractivity contribution in [2.24, 2.45) is 5.73 Å². The molecule has 0 aliphatic heterocycles. The van der Waals surface area contributed by atoms with Crippen LogP contribution >= 0.6 is 12.2 Å². The molecule has 0 saturated carbocycles. The van der Waals surface area contributed by atoms with Gasteiger partial charge in [-0.15, -0.1) is 0 Å². The van der Waals surface area contributed by atoms with E-state index in [2.05, 4.69) is 10.6 Å². The molecule has 4 N–H and O–H groups in total. The Morgan fingerprint density at radius 1 is 1.38 bits per heavy atom. The van der Waals surface area contributed by atoms with Gasteiger partial charge < -0.3 is 16.4 Å². The molecule has 76 valence electrons. The van der Waals surface area contributed by atoms with Gasteiger partial charge in [-0.05, 0) is 20.8 Å². The van der Waals surface area contributed by atoms with Crippen molar-refractivity contribution >= 4 is 23.2 Å². The lowest BCUT2D eigenvalue weighted by Crippen LogP contribution is -2.44. The van der Waals surface area contributed by atoms with Crippen LogP contribution in [-0.4, -0.2) is 23.1 Å². The van der Waals surface area contributed by atoms with Crippen LogP contribution in [-0.2, 0) is 0 Å². The summed E-state index contributed by atoms with van der Waals surface area (Å²) in [5.41, 5.74) is 5.33. The molecule has 2 amide bonds. The highest BCUT2D eigenvalue weighted by atomic mass is 32.1. The zero-order valence-electron chi connectivity index (χ0n) is 8.26.